The Morgan fingerprint density at radius 3 is 1.95 bits per heavy atom. The van der Waals surface area contributed by atoms with Gasteiger partial charge in [0.25, 0.3) is 5.91 Å². The smallest absolute Gasteiger partial charge is 0.316 e. The molecule has 41 heavy (non-hydrogen) atoms. The van der Waals surface area contributed by atoms with E-state index in [0.29, 0.717) is 18.5 Å². The van der Waals surface area contributed by atoms with E-state index in [4.69, 9.17) is 0 Å². The molecule has 7 nitrogen and oxygen atoms in total. The van der Waals surface area contributed by atoms with Gasteiger partial charge in [-0.1, -0.05) is 91.7 Å². The van der Waals surface area contributed by atoms with Gasteiger partial charge in [-0.15, -0.1) is 0 Å². The molecule has 1 saturated heterocycles. The number of amides is 3. The van der Waals surface area contributed by atoms with Gasteiger partial charge in [0.05, 0.1) is 12.2 Å². The zero-order valence-corrected chi connectivity index (χ0v) is 24.2. The lowest BCUT2D eigenvalue weighted by Gasteiger charge is -2.49. The number of piperidine rings is 1. The lowest BCUT2D eigenvalue weighted by Crippen LogP contribution is -2.63. The van der Waals surface area contributed by atoms with Crippen molar-refractivity contribution in [3.8, 4) is 0 Å². The lowest BCUT2D eigenvalue weighted by atomic mass is 9.85. The van der Waals surface area contributed by atoms with E-state index in [-0.39, 0.29) is 42.1 Å². The first-order valence-electron chi connectivity index (χ1n) is 14.9. The summed E-state index contributed by atoms with van der Waals surface area (Å²) < 4.78 is 0. The number of carbonyl (C=O) groups excluding carboxylic acids is 2. The highest BCUT2D eigenvalue weighted by atomic mass is 16.2. The molecular weight excluding hydrogens is 510 g/mol. The second-order valence-corrected chi connectivity index (χ2v) is 11.6. The molecule has 0 bridgehead atoms. The number of hydrogen-bond donors (Lipinski definition) is 3. The van der Waals surface area contributed by atoms with Gasteiger partial charge in [-0.2, -0.15) is 0 Å². The van der Waals surface area contributed by atoms with Crippen LogP contribution in [-0.2, 0) is 0 Å². The molecular formula is C34H43N5O2. The minimum atomic E-state index is -0.211. The Morgan fingerprint density at radius 1 is 0.829 bits per heavy atom. The molecule has 7 heteroatoms. The molecule has 3 atom stereocenters. The van der Waals surface area contributed by atoms with Crippen molar-refractivity contribution in [3.63, 3.8) is 0 Å². The maximum absolute atomic E-state index is 13.4. The topological polar surface area (TPSA) is 76.7 Å². The maximum Gasteiger partial charge on any atom is 0.316 e. The van der Waals surface area contributed by atoms with E-state index >= 15 is 0 Å². The van der Waals surface area contributed by atoms with Crippen LogP contribution in [0, 0.1) is 5.92 Å². The van der Waals surface area contributed by atoms with Gasteiger partial charge < -0.3 is 20.9 Å². The molecule has 2 aliphatic rings. The largest absolute Gasteiger partial charge is 0.352 e. The Bertz CT molecular complexity index is 1210. The fourth-order valence-corrected chi connectivity index (χ4v) is 6.51. The maximum atomic E-state index is 13.4. The number of urea groups is 1. The van der Waals surface area contributed by atoms with Gasteiger partial charge in [0.1, 0.15) is 0 Å². The average Bonchev–Trinajstić information content (AvgIpc) is 3.51. The summed E-state index contributed by atoms with van der Waals surface area (Å²) in [5, 5.41) is 9.78. The van der Waals surface area contributed by atoms with Crippen LogP contribution in [0.15, 0.2) is 91.0 Å². The minimum absolute atomic E-state index is 0.0310. The van der Waals surface area contributed by atoms with Crippen LogP contribution in [0.2, 0.25) is 0 Å². The molecule has 3 aromatic carbocycles. The number of carbonyl (C=O) groups is 2. The SMILES string of the molecule is CN(C)C1CN(C(c2ccccc2)c2ccccc2)C(NC(=O)NC2CCCC2)CC1CNC(=O)c1ccccc1. The van der Waals surface area contributed by atoms with Crippen molar-refractivity contribution in [2.24, 2.45) is 5.92 Å². The Hall–Kier alpha value is -3.68. The van der Waals surface area contributed by atoms with Crippen molar-refractivity contribution in [2.75, 3.05) is 27.2 Å². The Labute approximate surface area is 244 Å². The molecule has 0 aromatic heterocycles. The normalized spacial score (nSPS) is 21.6. The van der Waals surface area contributed by atoms with Crippen LogP contribution in [0.4, 0.5) is 4.79 Å². The van der Waals surface area contributed by atoms with Crippen LogP contribution in [0.5, 0.6) is 0 Å². The monoisotopic (exact) mass is 553 g/mol. The molecule has 0 radical (unpaired) electrons. The van der Waals surface area contributed by atoms with Gasteiger partial charge >= 0.3 is 6.03 Å². The second-order valence-electron chi connectivity index (χ2n) is 11.6. The standard InChI is InChI=1S/C34H43N5O2/c1-38(2)30-24-39(32(25-14-6-3-7-15-25)26-16-8-4-9-17-26)31(37-34(41)36-29-20-12-13-21-29)22-28(30)23-35-33(40)27-18-10-5-11-19-27/h3-11,14-19,28-32H,12-13,20-24H2,1-2H3,(H,35,40)(H2,36,37,41). The van der Waals surface area contributed by atoms with Gasteiger partial charge in [0, 0.05) is 30.7 Å². The van der Waals surface area contributed by atoms with Gasteiger partial charge in [-0.3, -0.25) is 9.69 Å². The van der Waals surface area contributed by atoms with Gasteiger partial charge in [0.2, 0.25) is 0 Å². The Balaban J connectivity index is 1.43. The van der Waals surface area contributed by atoms with E-state index in [1.807, 2.05) is 42.5 Å². The highest BCUT2D eigenvalue weighted by Gasteiger charge is 2.41. The zero-order valence-electron chi connectivity index (χ0n) is 24.2. The lowest BCUT2D eigenvalue weighted by molar-refractivity contribution is 0.0102. The predicted molar refractivity (Wildman–Crippen MR) is 164 cm³/mol. The van der Waals surface area contributed by atoms with Crippen molar-refractivity contribution < 1.29 is 9.59 Å². The number of hydrogen-bond acceptors (Lipinski definition) is 4. The van der Waals surface area contributed by atoms with Crippen LogP contribution in [0.25, 0.3) is 0 Å². The molecule has 1 aliphatic heterocycles. The molecule has 3 amide bonds. The van der Waals surface area contributed by atoms with Crippen molar-refractivity contribution >= 4 is 11.9 Å². The summed E-state index contributed by atoms with van der Waals surface area (Å²) in [4.78, 5) is 31.0. The number of nitrogens with one attached hydrogen (secondary N) is 3. The van der Waals surface area contributed by atoms with Crippen molar-refractivity contribution in [3.05, 3.63) is 108 Å². The van der Waals surface area contributed by atoms with Gasteiger partial charge in [-0.25, -0.2) is 4.79 Å². The van der Waals surface area contributed by atoms with E-state index in [1.165, 1.54) is 11.1 Å². The number of likely N-dealkylation sites (tertiary alicyclic amines) is 1. The Morgan fingerprint density at radius 2 is 1.39 bits per heavy atom. The fraction of sp³-hybridized carbons (Fsp3) is 0.412. The molecule has 216 valence electrons. The molecule has 3 aromatic rings. The summed E-state index contributed by atoms with van der Waals surface area (Å²) in [7, 11) is 4.21. The van der Waals surface area contributed by atoms with E-state index in [9.17, 15) is 9.59 Å². The highest BCUT2D eigenvalue weighted by Crippen LogP contribution is 2.36. The van der Waals surface area contributed by atoms with Crippen molar-refractivity contribution in [1.82, 2.24) is 25.8 Å². The predicted octanol–water partition coefficient (Wildman–Crippen LogP) is 5.03. The Kier molecular flexibility index (Phi) is 9.70. The van der Waals surface area contributed by atoms with Crippen LogP contribution in [0.3, 0.4) is 0 Å². The van der Waals surface area contributed by atoms with Crippen LogP contribution in [0.1, 0.15) is 59.6 Å². The summed E-state index contributed by atoms with van der Waals surface area (Å²) in [5.41, 5.74) is 3.04. The molecule has 3 unspecified atom stereocenters. The number of benzene rings is 3. The molecule has 3 N–H and O–H groups in total. The van der Waals surface area contributed by atoms with Gasteiger partial charge in [0.15, 0.2) is 0 Å². The molecule has 0 spiro atoms. The summed E-state index contributed by atoms with van der Waals surface area (Å²) in [6.45, 7) is 1.27. The molecule has 2 fully saturated rings. The van der Waals surface area contributed by atoms with Crippen LogP contribution < -0.4 is 16.0 Å². The average molecular weight is 554 g/mol. The van der Waals surface area contributed by atoms with E-state index in [2.05, 4.69) is 88.4 Å². The fourth-order valence-electron chi connectivity index (χ4n) is 6.51. The van der Waals surface area contributed by atoms with E-state index in [0.717, 1.165) is 32.2 Å². The highest BCUT2D eigenvalue weighted by molar-refractivity contribution is 5.94. The second kappa shape index (κ2) is 13.8. The summed E-state index contributed by atoms with van der Waals surface area (Å²) in [5.74, 6) is 0.0818. The quantitative estimate of drug-likeness (QED) is 0.348. The third kappa shape index (κ3) is 7.34. The zero-order chi connectivity index (χ0) is 28.6. The molecule has 1 heterocycles. The van der Waals surface area contributed by atoms with Crippen molar-refractivity contribution in [2.45, 2.75) is 56.4 Å². The third-order valence-corrected chi connectivity index (χ3v) is 8.64. The molecule has 1 aliphatic carbocycles. The van der Waals surface area contributed by atoms with Crippen molar-refractivity contribution in [1.29, 1.82) is 0 Å². The molecule has 5 rings (SSSR count). The van der Waals surface area contributed by atoms with Crippen LogP contribution in [-0.4, -0.2) is 67.2 Å². The minimum Gasteiger partial charge on any atom is -0.352 e. The van der Waals surface area contributed by atoms with E-state index in [1.54, 1.807) is 0 Å². The first kappa shape index (κ1) is 28.8. The van der Waals surface area contributed by atoms with Gasteiger partial charge in [-0.05, 0) is 62.5 Å². The molecule has 1 saturated carbocycles. The first-order chi connectivity index (χ1) is 20.0. The number of rotatable bonds is 9. The first-order valence-corrected chi connectivity index (χ1v) is 14.9. The van der Waals surface area contributed by atoms with E-state index < -0.39 is 0 Å². The number of nitrogens with zero attached hydrogens (tertiary/aromatic N) is 2. The summed E-state index contributed by atoms with van der Waals surface area (Å²) >= 11 is 0. The summed E-state index contributed by atoms with van der Waals surface area (Å²) in [6.07, 6.45) is 4.91. The third-order valence-electron chi connectivity index (χ3n) is 8.64. The van der Waals surface area contributed by atoms with Crippen LogP contribution >= 0.6 is 0 Å². The number of likely N-dealkylation sites (N-methyl/N-ethyl adjacent to an activating group) is 1. The summed E-state index contributed by atoms with van der Waals surface area (Å²) in [6, 6.07) is 30.7.